The molecule has 1 amide bonds. The summed E-state index contributed by atoms with van der Waals surface area (Å²) >= 11 is 2.32. The summed E-state index contributed by atoms with van der Waals surface area (Å²) in [5.74, 6) is -0.0151. The number of para-hydroxylation sites is 1. The minimum absolute atomic E-state index is 0.0151. The average Bonchev–Trinajstić information content (AvgIpc) is 2.95. The number of benzene rings is 2. The van der Waals surface area contributed by atoms with Gasteiger partial charge in [0.15, 0.2) is 0 Å². The van der Waals surface area contributed by atoms with Crippen LogP contribution in [-0.2, 0) is 0 Å². The molecule has 24 heavy (non-hydrogen) atoms. The number of anilines is 1. The van der Waals surface area contributed by atoms with E-state index in [4.69, 9.17) is 0 Å². The van der Waals surface area contributed by atoms with E-state index in [1.165, 1.54) is 0 Å². The zero-order valence-electron chi connectivity index (χ0n) is 12.7. The molecule has 3 aromatic rings. The first-order valence-corrected chi connectivity index (χ1v) is 8.64. The third-order valence-corrected chi connectivity index (χ3v) is 5.12. The van der Waals surface area contributed by atoms with E-state index in [0.29, 0.717) is 5.56 Å². The number of pyridine rings is 1. The van der Waals surface area contributed by atoms with Gasteiger partial charge in [0.1, 0.15) is 0 Å². The Kier molecular flexibility index (Phi) is 3.90. The maximum absolute atomic E-state index is 13.0. The summed E-state index contributed by atoms with van der Waals surface area (Å²) in [6, 6.07) is 21.6. The standard InChI is InChI=1S/C20H13IN2O/c21-18(14-7-3-1-4-8-14)19-17-13-22-12-11-16(17)20(24)23(19)15-9-5-2-6-10-15/h1-13H/b19-18+. The Bertz CT molecular complexity index is 936. The topological polar surface area (TPSA) is 33.2 Å². The van der Waals surface area contributed by atoms with Crippen molar-refractivity contribution in [2.75, 3.05) is 4.90 Å². The first-order valence-electron chi connectivity index (χ1n) is 7.56. The van der Waals surface area contributed by atoms with Gasteiger partial charge in [-0.3, -0.25) is 14.7 Å². The van der Waals surface area contributed by atoms with Crippen LogP contribution in [0.15, 0.2) is 79.1 Å². The Labute approximate surface area is 153 Å². The van der Waals surface area contributed by atoms with Gasteiger partial charge in [0.2, 0.25) is 0 Å². The molecule has 3 nitrogen and oxygen atoms in total. The van der Waals surface area contributed by atoms with Crippen LogP contribution in [0.2, 0.25) is 0 Å². The molecule has 0 aliphatic carbocycles. The zero-order chi connectivity index (χ0) is 16.5. The molecule has 1 aliphatic heterocycles. The number of carbonyl (C=O) groups is 1. The van der Waals surface area contributed by atoms with Crippen molar-refractivity contribution in [1.29, 1.82) is 0 Å². The van der Waals surface area contributed by atoms with Crippen LogP contribution in [0, 0.1) is 0 Å². The molecule has 4 heteroatoms. The van der Waals surface area contributed by atoms with Crippen LogP contribution >= 0.6 is 22.6 Å². The highest BCUT2D eigenvalue weighted by Crippen LogP contribution is 2.42. The number of amides is 1. The van der Waals surface area contributed by atoms with Crippen LogP contribution in [0.25, 0.3) is 9.28 Å². The van der Waals surface area contributed by atoms with Gasteiger partial charge in [-0.25, -0.2) is 0 Å². The summed E-state index contributed by atoms with van der Waals surface area (Å²) in [6.45, 7) is 0. The summed E-state index contributed by atoms with van der Waals surface area (Å²) < 4.78 is 1.03. The van der Waals surface area contributed by atoms with Gasteiger partial charge in [-0.2, -0.15) is 0 Å². The Morgan fingerprint density at radius 2 is 1.54 bits per heavy atom. The minimum Gasteiger partial charge on any atom is -0.275 e. The van der Waals surface area contributed by atoms with E-state index in [2.05, 4.69) is 39.7 Å². The molecule has 0 saturated carbocycles. The van der Waals surface area contributed by atoms with Crippen LogP contribution in [0.1, 0.15) is 21.5 Å². The molecule has 0 radical (unpaired) electrons. The van der Waals surface area contributed by atoms with Crippen molar-refractivity contribution in [2.45, 2.75) is 0 Å². The molecule has 0 atom stereocenters. The van der Waals surface area contributed by atoms with Crippen LogP contribution in [0.5, 0.6) is 0 Å². The van der Waals surface area contributed by atoms with E-state index >= 15 is 0 Å². The van der Waals surface area contributed by atoms with E-state index < -0.39 is 0 Å². The van der Waals surface area contributed by atoms with Gasteiger partial charge >= 0.3 is 0 Å². The number of fused-ring (bicyclic) bond motifs is 1. The summed E-state index contributed by atoms with van der Waals surface area (Å²) in [7, 11) is 0. The minimum atomic E-state index is -0.0151. The van der Waals surface area contributed by atoms with Crippen molar-refractivity contribution in [3.8, 4) is 0 Å². The molecule has 0 N–H and O–H groups in total. The monoisotopic (exact) mass is 424 g/mol. The van der Waals surface area contributed by atoms with Crippen molar-refractivity contribution in [3.63, 3.8) is 0 Å². The van der Waals surface area contributed by atoms with E-state index in [1.807, 2.05) is 48.5 Å². The molecule has 4 rings (SSSR count). The second kappa shape index (κ2) is 6.20. The smallest absolute Gasteiger partial charge is 0.263 e. The van der Waals surface area contributed by atoms with Crippen molar-refractivity contribution in [1.82, 2.24) is 4.98 Å². The SMILES string of the molecule is O=C1c2ccncc2/C(=C(\I)c2ccccc2)N1c1ccccc1. The molecule has 1 aliphatic rings. The number of hydrogen-bond donors (Lipinski definition) is 0. The quantitative estimate of drug-likeness (QED) is 0.543. The number of nitrogens with zero attached hydrogens (tertiary/aromatic N) is 2. The Morgan fingerprint density at radius 1 is 0.875 bits per heavy atom. The van der Waals surface area contributed by atoms with E-state index in [-0.39, 0.29) is 5.91 Å². The van der Waals surface area contributed by atoms with Crippen LogP contribution < -0.4 is 4.90 Å². The highest BCUT2D eigenvalue weighted by molar-refractivity contribution is 14.1. The third kappa shape index (κ3) is 2.43. The van der Waals surface area contributed by atoms with Crippen molar-refractivity contribution in [2.24, 2.45) is 0 Å². The van der Waals surface area contributed by atoms with Crippen LogP contribution in [-0.4, -0.2) is 10.9 Å². The predicted octanol–water partition coefficient (Wildman–Crippen LogP) is 5.00. The maximum atomic E-state index is 13.0. The van der Waals surface area contributed by atoms with E-state index in [9.17, 15) is 4.79 Å². The lowest BCUT2D eigenvalue weighted by atomic mass is 10.1. The fourth-order valence-corrected chi connectivity index (χ4v) is 3.76. The normalized spacial score (nSPS) is 15.4. The lowest BCUT2D eigenvalue weighted by Crippen LogP contribution is -2.22. The largest absolute Gasteiger partial charge is 0.275 e. The summed E-state index contributed by atoms with van der Waals surface area (Å²) in [5.41, 5.74) is 4.40. The van der Waals surface area contributed by atoms with Gasteiger partial charge in [0, 0.05) is 27.2 Å². The molecule has 0 fully saturated rings. The number of rotatable bonds is 2. The molecule has 0 bridgehead atoms. The van der Waals surface area contributed by atoms with Gasteiger partial charge in [0.05, 0.1) is 11.3 Å². The van der Waals surface area contributed by atoms with E-state index in [1.54, 1.807) is 23.4 Å². The number of carbonyl (C=O) groups excluding carboxylic acids is 1. The van der Waals surface area contributed by atoms with Crippen molar-refractivity contribution < 1.29 is 4.79 Å². The van der Waals surface area contributed by atoms with Gasteiger partial charge in [-0.15, -0.1) is 0 Å². The van der Waals surface area contributed by atoms with Gasteiger partial charge in [-0.05, 0) is 46.4 Å². The number of hydrogen-bond acceptors (Lipinski definition) is 2. The lowest BCUT2D eigenvalue weighted by Gasteiger charge is -2.20. The van der Waals surface area contributed by atoms with Gasteiger partial charge < -0.3 is 0 Å². The average molecular weight is 424 g/mol. The summed E-state index contributed by atoms with van der Waals surface area (Å²) in [5, 5.41) is 0. The Hall–Kier alpha value is -2.47. The second-order valence-corrected chi connectivity index (χ2v) is 6.50. The molecule has 2 heterocycles. The lowest BCUT2D eigenvalue weighted by molar-refractivity contribution is 0.101. The second-order valence-electron chi connectivity index (χ2n) is 5.43. The van der Waals surface area contributed by atoms with Gasteiger partial charge in [0.25, 0.3) is 5.91 Å². The molecule has 0 spiro atoms. The third-order valence-electron chi connectivity index (χ3n) is 3.98. The molecule has 116 valence electrons. The predicted molar refractivity (Wildman–Crippen MR) is 105 cm³/mol. The fourth-order valence-electron chi connectivity index (χ4n) is 2.87. The number of halogens is 1. The van der Waals surface area contributed by atoms with E-state index in [0.717, 1.165) is 26.1 Å². The molecule has 0 unspecified atom stereocenters. The van der Waals surface area contributed by atoms with Gasteiger partial charge in [-0.1, -0.05) is 48.5 Å². The molecule has 0 saturated heterocycles. The number of aromatic nitrogens is 1. The Balaban J connectivity index is 1.99. The van der Waals surface area contributed by atoms with Crippen LogP contribution in [0.4, 0.5) is 5.69 Å². The highest BCUT2D eigenvalue weighted by Gasteiger charge is 2.35. The fraction of sp³-hybridized carbons (Fsp3) is 0. The Morgan fingerprint density at radius 3 is 2.25 bits per heavy atom. The zero-order valence-corrected chi connectivity index (χ0v) is 14.8. The summed E-state index contributed by atoms with van der Waals surface area (Å²) in [4.78, 5) is 19.0. The summed E-state index contributed by atoms with van der Waals surface area (Å²) in [6.07, 6.45) is 3.44. The van der Waals surface area contributed by atoms with Crippen LogP contribution in [0.3, 0.4) is 0 Å². The van der Waals surface area contributed by atoms with Crippen molar-refractivity contribution in [3.05, 3.63) is 95.8 Å². The molecule has 2 aromatic carbocycles. The first-order chi connectivity index (χ1) is 11.8. The molecule has 1 aromatic heterocycles. The first kappa shape index (κ1) is 15.1. The van der Waals surface area contributed by atoms with Crippen molar-refractivity contribution >= 4 is 43.5 Å². The maximum Gasteiger partial charge on any atom is 0.263 e. The highest BCUT2D eigenvalue weighted by atomic mass is 127. The molecular formula is C20H13IN2O. The molecular weight excluding hydrogens is 411 g/mol.